The molecule has 34 heavy (non-hydrogen) atoms. The van der Waals surface area contributed by atoms with Crippen LogP contribution in [0.4, 0.5) is 5.13 Å². The van der Waals surface area contributed by atoms with Crippen LogP contribution in [0.25, 0.3) is 0 Å². The van der Waals surface area contributed by atoms with Gasteiger partial charge in [0.25, 0.3) is 11.8 Å². The number of pyridine rings is 1. The van der Waals surface area contributed by atoms with E-state index in [1.165, 1.54) is 18.9 Å². The molecule has 0 aromatic carbocycles. The first kappa shape index (κ1) is 23.1. The minimum absolute atomic E-state index is 0.0493. The van der Waals surface area contributed by atoms with E-state index in [2.05, 4.69) is 19.8 Å². The Morgan fingerprint density at radius 1 is 1.53 bits per heavy atom. The van der Waals surface area contributed by atoms with Gasteiger partial charge in [0, 0.05) is 28.9 Å². The van der Waals surface area contributed by atoms with Crippen molar-refractivity contribution in [2.24, 2.45) is 5.16 Å². The third-order valence-corrected chi connectivity index (χ3v) is 6.83. The van der Waals surface area contributed by atoms with Crippen LogP contribution in [0.1, 0.15) is 11.4 Å². The molecule has 2 aromatic heterocycles. The third kappa shape index (κ3) is 4.28. The van der Waals surface area contributed by atoms with E-state index in [1.807, 2.05) is 6.07 Å². The number of fused-ring (bicyclic) bond motifs is 1. The molecule has 0 spiro atoms. The molecule has 0 saturated carbocycles. The smallest absolute Gasteiger partial charge is 0.352 e. The number of nitrogen functional groups attached to an aromatic ring is 1. The number of thioether (sulfide) groups is 1. The molecule has 4 N–H and O–H groups in total. The Labute approximate surface area is 200 Å². The maximum atomic E-state index is 12.9. The van der Waals surface area contributed by atoms with E-state index in [1.54, 1.807) is 29.1 Å². The molecule has 2 aliphatic rings. The molecule has 0 radical (unpaired) electrons. The molecule has 2 atom stereocenters. The lowest BCUT2D eigenvalue weighted by atomic mass is 10.0. The summed E-state index contributed by atoms with van der Waals surface area (Å²) in [6, 6.07) is 4.38. The van der Waals surface area contributed by atoms with Gasteiger partial charge in [0.1, 0.15) is 35.9 Å². The number of oxime groups is 1. The van der Waals surface area contributed by atoms with Gasteiger partial charge in [-0.25, -0.2) is 4.79 Å². The summed E-state index contributed by atoms with van der Waals surface area (Å²) >= 11 is 2.19. The fourth-order valence-electron chi connectivity index (χ4n) is 3.53. The molecule has 4 rings (SSSR count). The average Bonchev–Trinajstić information content (AvgIpc) is 3.26. The highest BCUT2D eigenvalue weighted by Crippen LogP contribution is 2.40. The van der Waals surface area contributed by atoms with Gasteiger partial charge < -0.3 is 21.0 Å². The number of aliphatic carboxylic acids is 1. The number of β-lactam (4-membered cyclic amide) rings is 1. The zero-order valence-electron chi connectivity index (χ0n) is 17.5. The summed E-state index contributed by atoms with van der Waals surface area (Å²) < 4.78 is 5.61. The van der Waals surface area contributed by atoms with Crippen molar-refractivity contribution in [1.29, 1.82) is 5.26 Å². The number of hydrogen-bond donors (Lipinski definition) is 3. The maximum absolute atomic E-state index is 12.9. The highest BCUT2D eigenvalue weighted by atomic mass is 32.2. The topological polar surface area (TPSA) is 188 Å². The molecule has 2 amide bonds. The Bertz CT molecular complexity index is 1280. The maximum Gasteiger partial charge on any atom is 0.352 e. The zero-order chi connectivity index (χ0) is 24.4. The molecule has 0 bridgehead atoms. The molecule has 2 aliphatic heterocycles. The van der Waals surface area contributed by atoms with Gasteiger partial charge in [0.15, 0.2) is 24.1 Å². The molecule has 13 nitrogen and oxygen atoms in total. The van der Waals surface area contributed by atoms with E-state index in [9.17, 15) is 19.5 Å². The summed E-state index contributed by atoms with van der Waals surface area (Å²) in [5.41, 5.74) is 6.11. The predicted octanol–water partition coefficient (Wildman–Crippen LogP) is -0.931. The van der Waals surface area contributed by atoms with Crippen molar-refractivity contribution in [2.45, 2.75) is 18.0 Å². The fraction of sp³-hybridized carbons (Fsp3) is 0.263. The highest BCUT2D eigenvalue weighted by Gasteiger charge is 2.54. The van der Waals surface area contributed by atoms with Gasteiger partial charge in [-0.3, -0.25) is 14.5 Å². The highest BCUT2D eigenvalue weighted by molar-refractivity contribution is 8.00. The molecule has 1 saturated heterocycles. The van der Waals surface area contributed by atoms with Gasteiger partial charge in [-0.15, -0.1) is 11.8 Å². The van der Waals surface area contributed by atoms with E-state index in [0.717, 1.165) is 16.4 Å². The minimum Gasteiger partial charge on any atom is -0.477 e. The first-order valence-corrected chi connectivity index (χ1v) is 11.5. The van der Waals surface area contributed by atoms with Crippen molar-refractivity contribution in [1.82, 2.24) is 19.6 Å². The largest absolute Gasteiger partial charge is 0.477 e. The van der Waals surface area contributed by atoms with E-state index in [4.69, 9.17) is 15.8 Å². The quantitative estimate of drug-likeness (QED) is 0.185. The molecular weight excluding hydrogens is 484 g/mol. The Kier molecular flexibility index (Phi) is 6.43. The van der Waals surface area contributed by atoms with Crippen molar-refractivity contribution in [3.63, 3.8) is 0 Å². The number of nitrogens with zero attached hydrogens (tertiary/aromatic N) is 6. The third-order valence-electron chi connectivity index (χ3n) is 4.95. The number of rotatable bonds is 7. The molecule has 0 unspecified atom stereocenters. The molecule has 0 aliphatic carbocycles. The van der Waals surface area contributed by atoms with Crippen LogP contribution in [-0.2, 0) is 25.8 Å². The number of carboxylic acids is 1. The second kappa shape index (κ2) is 9.45. The van der Waals surface area contributed by atoms with Crippen LogP contribution in [0.2, 0.25) is 0 Å². The number of nitriles is 1. The van der Waals surface area contributed by atoms with Crippen LogP contribution in [0.15, 0.2) is 41.0 Å². The average molecular weight is 502 g/mol. The monoisotopic (exact) mass is 501 g/mol. The van der Waals surface area contributed by atoms with Gasteiger partial charge in [0.2, 0.25) is 11.5 Å². The van der Waals surface area contributed by atoms with E-state index in [0.29, 0.717) is 16.9 Å². The van der Waals surface area contributed by atoms with Gasteiger partial charge in [-0.05, 0) is 6.07 Å². The number of carbonyl (C=O) groups is 3. The van der Waals surface area contributed by atoms with Crippen LogP contribution in [-0.4, -0.2) is 67.1 Å². The predicted molar refractivity (Wildman–Crippen MR) is 119 cm³/mol. The van der Waals surface area contributed by atoms with Gasteiger partial charge in [-0.2, -0.15) is 19.2 Å². The molecule has 4 heterocycles. The number of hydrogen-bond acceptors (Lipinski definition) is 11. The van der Waals surface area contributed by atoms with Crippen LogP contribution in [0, 0.1) is 11.3 Å². The first-order chi connectivity index (χ1) is 16.3. The number of amides is 2. The minimum atomic E-state index is -1.25. The van der Waals surface area contributed by atoms with Crippen LogP contribution in [0.5, 0.6) is 0 Å². The number of anilines is 1. The first-order valence-electron chi connectivity index (χ1n) is 9.64. The molecular formula is C19H17N8O5S2+. The van der Waals surface area contributed by atoms with Crippen molar-refractivity contribution in [2.75, 3.05) is 18.6 Å². The number of carboxylic acid groups (broad SMARTS) is 1. The van der Waals surface area contributed by atoms with Crippen LogP contribution < -0.4 is 15.6 Å². The molecule has 15 heteroatoms. The molecule has 174 valence electrons. The van der Waals surface area contributed by atoms with Crippen LogP contribution in [0.3, 0.4) is 0 Å². The number of nitrogens with two attached hydrogens (primary N) is 1. The van der Waals surface area contributed by atoms with Crippen molar-refractivity contribution in [3.8, 4) is 6.07 Å². The second-order valence-electron chi connectivity index (χ2n) is 7.07. The molecule has 1 fully saturated rings. The number of aromatic nitrogens is 3. The van der Waals surface area contributed by atoms with Gasteiger partial charge in [-0.1, -0.05) is 5.16 Å². The number of carbonyl (C=O) groups excluding carboxylic acids is 2. The Balaban J connectivity index is 1.54. The summed E-state index contributed by atoms with van der Waals surface area (Å²) in [5.74, 6) is -2.31. The Morgan fingerprint density at radius 3 is 2.97 bits per heavy atom. The normalized spacial score (nSPS) is 19.7. The van der Waals surface area contributed by atoms with Crippen molar-refractivity contribution >= 4 is 51.9 Å². The van der Waals surface area contributed by atoms with Gasteiger partial charge >= 0.3 is 5.97 Å². The van der Waals surface area contributed by atoms with Gasteiger partial charge in [0.05, 0.1) is 0 Å². The second-order valence-corrected chi connectivity index (χ2v) is 8.96. The fourth-order valence-corrected chi connectivity index (χ4v) is 5.30. The van der Waals surface area contributed by atoms with E-state index >= 15 is 0 Å². The van der Waals surface area contributed by atoms with E-state index < -0.39 is 29.2 Å². The Morgan fingerprint density at radius 2 is 2.32 bits per heavy atom. The zero-order valence-corrected chi connectivity index (χ0v) is 19.2. The van der Waals surface area contributed by atoms with Crippen molar-refractivity contribution < 1.29 is 28.9 Å². The Hall–Kier alpha value is -4.03. The SMILES string of the molecule is CO/N=C(\C(=O)N[C@@H]1C(=O)N2C(C(=O)O)=C(C[n+]3cccc(C#N)c3)CS[C@@H]12)c1nsc(N)n1. The van der Waals surface area contributed by atoms with Crippen molar-refractivity contribution in [3.05, 3.63) is 47.2 Å². The van der Waals surface area contributed by atoms with Crippen LogP contribution >= 0.6 is 23.3 Å². The summed E-state index contributed by atoms with van der Waals surface area (Å²) in [4.78, 5) is 47.5. The standard InChI is InChI=1S/C19H16N8O5S2/c1-32-24-11(14-23-19(21)34-25-14)15(28)22-12-16(29)27-13(18(30)31)10(8-33-17(12)27)7-26-4-2-3-9(5-20)6-26/h2-4,6,12,17H,7-8H2,1H3,(H3-,21,22,23,25,28,30,31)/p+1/b24-11-/t12-,17+/m1/s1. The lowest BCUT2D eigenvalue weighted by Gasteiger charge is -2.49. The summed E-state index contributed by atoms with van der Waals surface area (Å²) in [6.07, 6.45) is 3.31. The lowest BCUT2D eigenvalue weighted by Crippen LogP contribution is -2.71. The summed E-state index contributed by atoms with van der Waals surface area (Å²) in [7, 11) is 1.24. The molecule has 2 aromatic rings. The number of nitrogens with one attached hydrogen (secondary N) is 1. The summed E-state index contributed by atoms with van der Waals surface area (Å²) in [6.45, 7) is 0.194. The van der Waals surface area contributed by atoms with E-state index in [-0.39, 0.29) is 28.9 Å². The lowest BCUT2D eigenvalue weighted by molar-refractivity contribution is -0.689. The summed E-state index contributed by atoms with van der Waals surface area (Å²) in [5, 5.41) is 24.6.